The predicted octanol–water partition coefficient (Wildman–Crippen LogP) is 4.56. The van der Waals surface area contributed by atoms with Crippen molar-refractivity contribution in [2.75, 3.05) is 5.32 Å². The molecule has 0 saturated carbocycles. The molecule has 1 heterocycles. The monoisotopic (exact) mass is 403 g/mol. The van der Waals surface area contributed by atoms with Gasteiger partial charge in [0.05, 0.1) is 18.6 Å². The number of amides is 1. The Labute approximate surface area is 174 Å². The summed E-state index contributed by atoms with van der Waals surface area (Å²) in [7, 11) is 0. The van der Waals surface area contributed by atoms with E-state index in [-0.39, 0.29) is 30.1 Å². The molecule has 0 saturated heterocycles. The summed E-state index contributed by atoms with van der Waals surface area (Å²) in [6, 6.07) is 5.12. The Morgan fingerprint density at radius 1 is 1.00 bits per heavy atom. The summed E-state index contributed by atoms with van der Waals surface area (Å²) in [5.41, 5.74) is 2.77. The number of anilines is 1. The van der Waals surface area contributed by atoms with Gasteiger partial charge in [0.15, 0.2) is 0 Å². The molecule has 1 aliphatic heterocycles. The van der Waals surface area contributed by atoms with Crippen molar-refractivity contribution in [3.05, 3.63) is 35.4 Å². The second-order valence-corrected chi connectivity index (χ2v) is 8.87. The lowest BCUT2D eigenvalue weighted by Gasteiger charge is -2.19. The molecular weight excluding hydrogens is 366 g/mol. The summed E-state index contributed by atoms with van der Waals surface area (Å²) in [4.78, 5) is 12.2. The fourth-order valence-electron chi connectivity index (χ4n) is 4.04. The third kappa shape index (κ3) is 8.58. The van der Waals surface area contributed by atoms with Gasteiger partial charge in [-0.15, -0.1) is 0 Å². The number of aliphatic hydroxyl groups is 2. The molecule has 0 fully saturated rings. The number of phenols is 1. The molecule has 0 aliphatic carbocycles. The molecule has 2 bridgehead atoms. The smallest absolute Gasteiger partial charge is 0.226 e. The molecule has 2 rings (SSSR count). The highest BCUT2D eigenvalue weighted by Gasteiger charge is 2.16. The molecule has 4 unspecified atom stereocenters. The van der Waals surface area contributed by atoms with E-state index in [0.29, 0.717) is 18.0 Å². The van der Waals surface area contributed by atoms with Crippen LogP contribution in [0.1, 0.15) is 71.3 Å². The van der Waals surface area contributed by atoms with Crippen molar-refractivity contribution in [1.82, 2.24) is 0 Å². The Hall–Kier alpha value is -1.85. The number of aliphatic hydroxyl groups excluding tert-OH is 2. The zero-order valence-electron chi connectivity index (χ0n) is 18.0. The van der Waals surface area contributed by atoms with Crippen LogP contribution in [0, 0.1) is 11.8 Å². The second kappa shape index (κ2) is 11.4. The van der Waals surface area contributed by atoms with Crippen LogP contribution in [0.25, 0.3) is 0 Å². The van der Waals surface area contributed by atoms with E-state index in [9.17, 15) is 20.1 Å². The van der Waals surface area contributed by atoms with Crippen molar-refractivity contribution >= 4 is 11.6 Å². The van der Waals surface area contributed by atoms with E-state index in [1.807, 2.05) is 6.07 Å². The minimum Gasteiger partial charge on any atom is -0.508 e. The van der Waals surface area contributed by atoms with Gasteiger partial charge in [-0.2, -0.15) is 0 Å². The van der Waals surface area contributed by atoms with Crippen molar-refractivity contribution in [1.29, 1.82) is 0 Å². The molecule has 162 valence electrons. The molecule has 1 amide bonds. The Bertz CT molecular complexity index is 700. The lowest BCUT2D eigenvalue weighted by atomic mass is 9.90. The number of phenolic OH excluding ortho intramolecular Hbond substituents is 1. The highest BCUT2D eigenvalue weighted by molar-refractivity contribution is 5.91. The minimum atomic E-state index is -0.668. The normalized spacial score (nSPS) is 30.2. The summed E-state index contributed by atoms with van der Waals surface area (Å²) in [6.45, 7) is 6.29. The van der Waals surface area contributed by atoms with Gasteiger partial charge in [-0.05, 0) is 69.1 Å². The summed E-state index contributed by atoms with van der Waals surface area (Å²) in [5.74, 6) is 0.332. The van der Waals surface area contributed by atoms with E-state index < -0.39 is 6.10 Å². The first-order valence-corrected chi connectivity index (χ1v) is 10.9. The standard InChI is InChI=1S/C24H37NO4/c1-16-6-4-5-7-21(26)15-24(29)25-20-12-19(13-22(27)14-20)11-17(2)8-9-23(28)18(3)10-16/h10,12-14,17-18,21,23,26-28H,4-9,11,15H2,1-3H3,(H,25,29)/b16-10+. The van der Waals surface area contributed by atoms with E-state index >= 15 is 0 Å². The van der Waals surface area contributed by atoms with Crippen molar-refractivity contribution in [3.63, 3.8) is 0 Å². The van der Waals surface area contributed by atoms with E-state index in [1.54, 1.807) is 6.07 Å². The first-order valence-electron chi connectivity index (χ1n) is 10.9. The van der Waals surface area contributed by atoms with Crippen LogP contribution in [0.2, 0.25) is 0 Å². The molecule has 5 nitrogen and oxygen atoms in total. The van der Waals surface area contributed by atoms with E-state index in [0.717, 1.165) is 44.1 Å². The number of allylic oxidation sites excluding steroid dienone is 1. The van der Waals surface area contributed by atoms with E-state index in [1.165, 1.54) is 11.6 Å². The van der Waals surface area contributed by atoms with Gasteiger partial charge in [0.25, 0.3) is 0 Å². The Kier molecular flexibility index (Phi) is 9.18. The number of rotatable bonds is 0. The Balaban J connectivity index is 2.14. The number of fused-ring (bicyclic) bond motifs is 2. The first-order chi connectivity index (χ1) is 13.7. The third-order valence-electron chi connectivity index (χ3n) is 5.73. The van der Waals surface area contributed by atoms with Crippen LogP contribution in [0.3, 0.4) is 0 Å². The molecular formula is C24H37NO4. The lowest BCUT2D eigenvalue weighted by Crippen LogP contribution is -2.20. The quantitative estimate of drug-likeness (QED) is 0.478. The van der Waals surface area contributed by atoms with Crippen LogP contribution in [-0.2, 0) is 11.2 Å². The topological polar surface area (TPSA) is 89.8 Å². The Morgan fingerprint density at radius 2 is 1.76 bits per heavy atom. The van der Waals surface area contributed by atoms with E-state index in [2.05, 4.69) is 32.2 Å². The lowest BCUT2D eigenvalue weighted by molar-refractivity contribution is -0.118. The third-order valence-corrected chi connectivity index (χ3v) is 5.73. The van der Waals surface area contributed by atoms with Gasteiger partial charge in [0.1, 0.15) is 5.75 Å². The number of aromatic hydroxyl groups is 1. The predicted molar refractivity (Wildman–Crippen MR) is 117 cm³/mol. The first kappa shape index (κ1) is 23.4. The van der Waals surface area contributed by atoms with Crippen molar-refractivity contribution in [2.24, 2.45) is 11.8 Å². The number of carbonyl (C=O) groups excluding carboxylic acids is 1. The van der Waals surface area contributed by atoms with Gasteiger partial charge in [-0.1, -0.05) is 31.9 Å². The molecule has 0 aromatic heterocycles. The average Bonchev–Trinajstić information content (AvgIpc) is 2.61. The molecule has 1 aromatic rings. The van der Waals surface area contributed by atoms with Crippen molar-refractivity contribution in [3.8, 4) is 5.75 Å². The number of benzene rings is 1. The van der Waals surface area contributed by atoms with Gasteiger partial charge in [-0.3, -0.25) is 4.79 Å². The molecule has 1 aliphatic rings. The SMILES string of the molecule is C/C1=C\C(C)C(O)CCC(C)Cc2cc(O)cc(c2)NC(=O)CC(O)CCCC1. The van der Waals surface area contributed by atoms with Crippen LogP contribution in [0.4, 0.5) is 5.69 Å². The molecule has 0 radical (unpaired) electrons. The number of hydrogen-bond donors (Lipinski definition) is 4. The van der Waals surface area contributed by atoms with Gasteiger partial charge >= 0.3 is 0 Å². The molecule has 0 spiro atoms. The fraction of sp³-hybridized carbons (Fsp3) is 0.625. The maximum Gasteiger partial charge on any atom is 0.226 e. The van der Waals surface area contributed by atoms with Crippen LogP contribution in [0.15, 0.2) is 29.8 Å². The van der Waals surface area contributed by atoms with Gasteiger partial charge in [0, 0.05) is 17.7 Å². The van der Waals surface area contributed by atoms with Gasteiger partial charge in [-0.25, -0.2) is 0 Å². The number of carbonyl (C=O) groups is 1. The molecule has 1 aromatic carbocycles. The van der Waals surface area contributed by atoms with E-state index in [4.69, 9.17) is 0 Å². The second-order valence-electron chi connectivity index (χ2n) is 8.87. The summed E-state index contributed by atoms with van der Waals surface area (Å²) < 4.78 is 0. The summed E-state index contributed by atoms with van der Waals surface area (Å²) in [6.07, 6.45) is 6.90. The zero-order valence-corrected chi connectivity index (χ0v) is 18.0. The largest absolute Gasteiger partial charge is 0.508 e. The highest BCUT2D eigenvalue weighted by Crippen LogP contribution is 2.25. The van der Waals surface area contributed by atoms with Crippen LogP contribution in [-0.4, -0.2) is 33.4 Å². The van der Waals surface area contributed by atoms with Crippen LogP contribution in [0.5, 0.6) is 5.75 Å². The number of nitrogens with one attached hydrogen (secondary N) is 1. The maximum absolute atomic E-state index is 12.2. The van der Waals surface area contributed by atoms with Gasteiger partial charge < -0.3 is 20.6 Å². The van der Waals surface area contributed by atoms with Crippen LogP contribution < -0.4 is 5.32 Å². The summed E-state index contributed by atoms with van der Waals surface area (Å²) in [5, 5.41) is 33.5. The average molecular weight is 404 g/mol. The van der Waals surface area contributed by atoms with Crippen molar-refractivity contribution in [2.45, 2.75) is 84.3 Å². The zero-order chi connectivity index (χ0) is 21.4. The maximum atomic E-state index is 12.2. The fourth-order valence-corrected chi connectivity index (χ4v) is 4.04. The molecule has 29 heavy (non-hydrogen) atoms. The van der Waals surface area contributed by atoms with Crippen molar-refractivity contribution < 1.29 is 20.1 Å². The Morgan fingerprint density at radius 3 is 2.52 bits per heavy atom. The summed E-state index contributed by atoms with van der Waals surface area (Å²) >= 11 is 0. The molecule has 4 N–H and O–H groups in total. The molecule has 5 heteroatoms. The minimum absolute atomic E-state index is 0.0550. The molecule has 4 atom stereocenters. The van der Waals surface area contributed by atoms with Gasteiger partial charge in [0.2, 0.25) is 5.91 Å². The van der Waals surface area contributed by atoms with Crippen LogP contribution >= 0.6 is 0 Å². The highest BCUT2D eigenvalue weighted by atomic mass is 16.3. The number of hydrogen-bond acceptors (Lipinski definition) is 4.